The van der Waals surface area contributed by atoms with E-state index in [4.69, 9.17) is 10.5 Å². The van der Waals surface area contributed by atoms with Gasteiger partial charge in [-0.05, 0) is 68.7 Å². The van der Waals surface area contributed by atoms with Crippen LogP contribution in [0, 0.1) is 6.92 Å². The van der Waals surface area contributed by atoms with Crippen molar-refractivity contribution in [3.05, 3.63) is 59.8 Å². The first kappa shape index (κ1) is 24.3. The van der Waals surface area contributed by atoms with Crippen LogP contribution in [0.3, 0.4) is 0 Å². The number of hydrogen-bond donors (Lipinski definition) is 3. The van der Waals surface area contributed by atoms with Crippen LogP contribution >= 0.6 is 0 Å². The highest BCUT2D eigenvalue weighted by Crippen LogP contribution is 2.25. The zero-order valence-electron chi connectivity index (χ0n) is 19.6. The van der Waals surface area contributed by atoms with Gasteiger partial charge in [0.2, 0.25) is 5.95 Å². The number of piperidine rings is 1. The smallest absolute Gasteiger partial charge is 0.261 e. The van der Waals surface area contributed by atoms with E-state index in [2.05, 4.69) is 24.9 Å². The molecule has 184 valence electrons. The number of sulfonamides is 1. The van der Waals surface area contributed by atoms with Crippen LogP contribution in [0.4, 0.5) is 23.1 Å². The van der Waals surface area contributed by atoms with Gasteiger partial charge in [0.25, 0.3) is 15.9 Å². The van der Waals surface area contributed by atoms with E-state index in [9.17, 15) is 13.2 Å². The Morgan fingerprint density at radius 2 is 1.69 bits per heavy atom. The number of primary amides is 1. The molecule has 4 rings (SSSR count). The van der Waals surface area contributed by atoms with E-state index < -0.39 is 15.9 Å². The van der Waals surface area contributed by atoms with Crippen molar-refractivity contribution in [2.75, 3.05) is 35.1 Å². The maximum atomic E-state index is 12.8. The van der Waals surface area contributed by atoms with Gasteiger partial charge in [0, 0.05) is 36.2 Å². The Balaban J connectivity index is 1.48. The van der Waals surface area contributed by atoms with Gasteiger partial charge in [0.1, 0.15) is 11.6 Å². The molecule has 0 bridgehead atoms. The van der Waals surface area contributed by atoms with Crippen molar-refractivity contribution in [2.45, 2.75) is 31.1 Å². The Morgan fingerprint density at radius 1 is 1.00 bits per heavy atom. The second-order valence-corrected chi connectivity index (χ2v) is 9.96. The number of rotatable bonds is 8. The van der Waals surface area contributed by atoms with Crippen molar-refractivity contribution in [2.24, 2.45) is 5.73 Å². The molecule has 1 fully saturated rings. The zero-order valence-corrected chi connectivity index (χ0v) is 20.4. The first-order valence-corrected chi connectivity index (χ1v) is 12.7. The number of benzene rings is 2. The molecule has 2 aromatic carbocycles. The number of carbonyl (C=O) groups excluding carboxylic acids is 1. The fraction of sp³-hybridized carbons (Fsp3) is 0.292. The van der Waals surface area contributed by atoms with Crippen LogP contribution in [0.5, 0.6) is 5.75 Å². The molecule has 11 heteroatoms. The molecule has 10 nitrogen and oxygen atoms in total. The topological polar surface area (TPSA) is 140 Å². The van der Waals surface area contributed by atoms with Gasteiger partial charge >= 0.3 is 0 Å². The highest BCUT2D eigenvalue weighted by atomic mass is 32.2. The first-order valence-electron chi connectivity index (χ1n) is 11.2. The predicted molar refractivity (Wildman–Crippen MR) is 135 cm³/mol. The van der Waals surface area contributed by atoms with E-state index in [0.717, 1.165) is 37.4 Å². The average Bonchev–Trinajstić information content (AvgIpc) is 2.85. The third-order valence-corrected chi connectivity index (χ3v) is 7.04. The quantitative estimate of drug-likeness (QED) is 0.431. The molecule has 1 aromatic heterocycles. The predicted octanol–water partition coefficient (Wildman–Crippen LogP) is 3.43. The largest absolute Gasteiger partial charge is 0.496 e. The third-order valence-electron chi connectivity index (χ3n) is 5.66. The SMILES string of the molecule is COc1ccc(S(=O)(=O)Nc2ccc(Nc3nc(C)cc(N4CCCCC4)n3)cc2)cc1C(N)=O. The molecule has 0 aliphatic carbocycles. The summed E-state index contributed by atoms with van der Waals surface area (Å²) in [5.41, 5.74) is 7.25. The molecule has 1 aliphatic heterocycles. The van der Waals surface area contributed by atoms with E-state index in [1.807, 2.05) is 13.0 Å². The lowest BCUT2D eigenvalue weighted by atomic mass is 10.1. The summed E-state index contributed by atoms with van der Waals surface area (Å²) in [6.45, 7) is 3.90. The van der Waals surface area contributed by atoms with Crippen molar-refractivity contribution in [3.63, 3.8) is 0 Å². The minimum atomic E-state index is -3.95. The summed E-state index contributed by atoms with van der Waals surface area (Å²) in [5, 5.41) is 3.19. The number of nitrogens with zero attached hydrogens (tertiary/aromatic N) is 3. The van der Waals surface area contributed by atoms with Crippen LogP contribution in [0.15, 0.2) is 53.4 Å². The summed E-state index contributed by atoms with van der Waals surface area (Å²) in [5.74, 6) is 0.805. The molecule has 0 spiro atoms. The molecule has 3 aromatic rings. The monoisotopic (exact) mass is 496 g/mol. The number of ether oxygens (including phenoxy) is 1. The summed E-state index contributed by atoms with van der Waals surface area (Å²) >= 11 is 0. The Morgan fingerprint density at radius 3 is 2.34 bits per heavy atom. The standard InChI is InChI=1S/C24H28N6O4S/c1-16-14-22(30-12-4-3-5-13-30)28-24(26-16)27-17-6-8-18(9-7-17)29-35(32,33)19-10-11-21(34-2)20(15-19)23(25)31/h6-11,14-15,29H,3-5,12-13H2,1-2H3,(H2,25,31)(H,26,27,28). The minimum absolute atomic E-state index is 0.0167. The van der Waals surface area contributed by atoms with Crippen molar-refractivity contribution >= 4 is 39.1 Å². The van der Waals surface area contributed by atoms with Crippen LogP contribution in [0.25, 0.3) is 0 Å². The average molecular weight is 497 g/mol. The number of aromatic nitrogens is 2. The Kier molecular flexibility index (Phi) is 7.06. The van der Waals surface area contributed by atoms with Gasteiger partial charge < -0.3 is 20.7 Å². The number of methoxy groups -OCH3 is 1. The highest BCUT2D eigenvalue weighted by Gasteiger charge is 2.19. The van der Waals surface area contributed by atoms with Crippen molar-refractivity contribution in [1.29, 1.82) is 0 Å². The minimum Gasteiger partial charge on any atom is -0.496 e. The number of hydrogen-bond acceptors (Lipinski definition) is 8. The van der Waals surface area contributed by atoms with Crippen LogP contribution in [0.2, 0.25) is 0 Å². The van der Waals surface area contributed by atoms with Gasteiger partial charge in [-0.2, -0.15) is 4.98 Å². The van der Waals surface area contributed by atoms with Crippen LogP contribution in [-0.4, -0.2) is 44.5 Å². The van der Waals surface area contributed by atoms with Crippen molar-refractivity contribution < 1.29 is 17.9 Å². The fourth-order valence-corrected chi connectivity index (χ4v) is 4.99. The van der Waals surface area contributed by atoms with Gasteiger partial charge in [0.05, 0.1) is 17.6 Å². The van der Waals surface area contributed by atoms with Crippen molar-refractivity contribution in [1.82, 2.24) is 9.97 Å². The van der Waals surface area contributed by atoms with Gasteiger partial charge in [-0.1, -0.05) is 0 Å². The molecule has 0 radical (unpaired) electrons. The lowest BCUT2D eigenvalue weighted by Gasteiger charge is -2.28. The van der Waals surface area contributed by atoms with Gasteiger partial charge in [0.15, 0.2) is 0 Å². The number of amides is 1. The molecule has 2 heterocycles. The molecule has 0 saturated carbocycles. The molecule has 35 heavy (non-hydrogen) atoms. The number of nitrogens with one attached hydrogen (secondary N) is 2. The van der Waals surface area contributed by atoms with E-state index >= 15 is 0 Å². The molecule has 0 atom stereocenters. The zero-order chi connectivity index (χ0) is 25.0. The first-order chi connectivity index (χ1) is 16.7. The van der Waals surface area contributed by atoms with Gasteiger partial charge in [-0.15, -0.1) is 0 Å². The van der Waals surface area contributed by atoms with E-state index in [1.165, 1.54) is 31.7 Å². The lowest BCUT2D eigenvalue weighted by molar-refractivity contribution is 0.0997. The van der Waals surface area contributed by atoms with E-state index in [1.54, 1.807) is 24.3 Å². The number of nitrogens with two attached hydrogens (primary N) is 1. The highest BCUT2D eigenvalue weighted by molar-refractivity contribution is 7.92. The van der Waals surface area contributed by atoms with Crippen molar-refractivity contribution in [3.8, 4) is 5.75 Å². The molecule has 1 amide bonds. The number of anilines is 4. The molecule has 4 N–H and O–H groups in total. The maximum absolute atomic E-state index is 12.8. The fourth-order valence-electron chi connectivity index (χ4n) is 3.90. The number of carbonyl (C=O) groups is 1. The normalized spacial score (nSPS) is 13.8. The molecule has 1 saturated heterocycles. The van der Waals surface area contributed by atoms with E-state index in [0.29, 0.717) is 17.3 Å². The molecular formula is C24H28N6O4S. The maximum Gasteiger partial charge on any atom is 0.261 e. The number of aryl methyl sites for hydroxylation is 1. The van der Waals surface area contributed by atoms with Gasteiger partial charge in [-0.3, -0.25) is 9.52 Å². The molecule has 0 unspecified atom stereocenters. The van der Waals surface area contributed by atoms with Gasteiger partial charge in [-0.25, -0.2) is 13.4 Å². The van der Waals surface area contributed by atoms with Crippen LogP contribution in [0.1, 0.15) is 35.3 Å². The lowest BCUT2D eigenvalue weighted by Crippen LogP contribution is -2.30. The van der Waals surface area contributed by atoms with E-state index in [-0.39, 0.29) is 16.2 Å². The summed E-state index contributed by atoms with van der Waals surface area (Å²) < 4.78 is 33.2. The van der Waals surface area contributed by atoms with Crippen LogP contribution < -0.4 is 25.4 Å². The third kappa shape index (κ3) is 5.80. The molecular weight excluding hydrogens is 468 g/mol. The Hall–Kier alpha value is -3.86. The Labute approximate surface area is 204 Å². The summed E-state index contributed by atoms with van der Waals surface area (Å²) in [6, 6.07) is 12.6. The second kappa shape index (κ2) is 10.2. The molecule has 1 aliphatic rings. The summed E-state index contributed by atoms with van der Waals surface area (Å²) in [4.78, 5) is 22.9. The Bertz CT molecular complexity index is 1320. The summed E-state index contributed by atoms with van der Waals surface area (Å²) in [7, 11) is -2.58. The van der Waals surface area contributed by atoms with Crippen LogP contribution in [-0.2, 0) is 10.0 Å². The second-order valence-electron chi connectivity index (χ2n) is 8.27. The summed E-state index contributed by atoms with van der Waals surface area (Å²) in [6.07, 6.45) is 3.56.